The van der Waals surface area contributed by atoms with Crippen LogP contribution >= 0.6 is 11.6 Å². The molecule has 5 nitrogen and oxygen atoms in total. The van der Waals surface area contributed by atoms with Crippen molar-refractivity contribution in [3.8, 4) is 0 Å². The van der Waals surface area contributed by atoms with Crippen LogP contribution in [0.4, 0.5) is 0 Å². The summed E-state index contributed by atoms with van der Waals surface area (Å²) in [5, 5.41) is 14.2. The largest absolute Gasteiger partial charge is 0.346 e. The van der Waals surface area contributed by atoms with E-state index in [2.05, 4.69) is 15.8 Å². The molecule has 1 fully saturated rings. The lowest BCUT2D eigenvalue weighted by Crippen LogP contribution is -2.50. The second kappa shape index (κ2) is 8.91. The van der Waals surface area contributed by atoms with Crippen molar-refractivity contribution >= 4 is 28.4 Å². The van der Waals surface area contributed by atoms with E-state index in [0.717, 1.165) is 47.7 Å². The van der Waals surface area contributed by atoms with Gasteiger partial charge in [-0.25, -0.2) is 10.5 Å². The molecule has 0 aliphatic heterocycles. The van der Waals surface area contributed by atoms with E-state index in [1.165, 1.54) is 0 Å². The number of halogens is 1. The van der Waals surface area contributed by atoms with Gasteiger partial charge in [-0.3, -0.25) is 4.79 Å². The number of nitrogens with zero attached hydrogens (tertiary/aromatic N) is 1. The quantitative estimate of drug-likeness (QED) is 0.542. The Morgan fingerprint density at radius 3 is 2.55 bits per heavy atom. The van der Waals surface area contributed by atoms with E-state index in [1.54, 1.807) is 0 Å². The van der Waals surface area contributed by atoms with Gasteiger partial charge >= 0.3 is 0 Å². The van der Waals surface area contributed by atoms with E-state index in [9.17, 15) is 10.0 Å². The third-order valence-electron chi connectivity index (χ3n) is 5.59. The monoisotopic (exact) mass is 409 g/mol. The molecule has 3 N–H and O–H groups in total. The van der Waals surface area contributed by atoms with Crippen molar-refractivity contribution in [3.63, 3.8) is 0 Å². The maximum atomic E-state index is 13.0. The smallest absolute Gasteiger partial charge is 0.270 e. The highest BCUT2D eigenvalue weighted by Crippen LogP contribution is 2.23. The number of carbonyl (C=O) groups excluding carboxylic acids is 1. The number of carbonyl (C=O) groups is 1. The first-order valence-corrected chi connectivity index (χ1v) is 10.4. The van der Waals surface area contributed by atoms with Crippen LogP contribution in [-0.4, -0.2) is 28.2 Å². The number of amides is 1. The van der Waals surface area contributed by atoms with Crippen LogP contribution < -0.4 is 10.8 Å². The molecule has 1 aromatic heterocycles. The van der Waals surface area contributed by atoms with Gasteiger partial charge in [0, 0.05) is 16.5 Å². The molecule has 1 aliphatic rings. The summed E-state index contributed by atoms with van der Waals surface area (Å²) in [4.78, 5) is 17.6. The topological polar surface area (TPSA) is 74.2 Å². The van der Waals surface area contributed by atoms with Crippen LogP contribution in [-0.2, 0) is 6.42 Å². The minimum absolute atomic E-state index is 0.103. The number of para-hydroxylation sites is 1. The Balaban J connectivity index is 1.64. The fourth-order valence-corrected chi connectivity index (χ4v) is 4.16. The van der Waals surface area contributed by atoms with Gasteiger partial charge in [0.15, 0.2) is 0 Å². The number of rotatable bonds is 5. The Labute approximate surface area is 175 Å². The van der Waals surface area contributed by atoms with Crippen LogP contribution in [0.25, 0.3) is 10.9 Å². The van der Waals surface area contributed by atoms with Gasteiger partial charge in [-0.15, -0.1) is 0 Å². The third-order valence-corrected chi connectivity index (χ3v) is 5.84. The number of hydrogen-bond donors (Lipinski definition) is 3. The van der Waals surface area contributed by atoms with Crippen LogP contribution in [0.5, 0.6) is 0 Å². The molecular formula is C23H24ClN3O2. The minimum atomic E-state index is -0.208. The van der Waals surface area contributed by atoms with Gasteiger partial charge in [-0.2, -0.15) is 0 Å². The highest BCUT2D eigenvalue weighted by Gasteiger charge is 2.27. The van der Waals surface area contributed by atoms with Crippen LogP contribution in [0.1, 0.15) is 47.3 Å². The summed E-state index contributed by atoms with van der Waals surface area (Å²) in [6.45, 7) is 0. The molecule has 0 saturated heterocycles. The molecule has 0 bridgehead atoms. The van der Waals surface area contributed by atoms with Crippen molar-refractivity contribution in [2.75, 3.05) is 0 Å². The lowest BCUT2D eigenvalue weighted by Gasteiger charge is -2.30. The van der Waals surface area contributed by atoms with Crippen LogP contribution in [0, 0.1) is 0 Å². The number of hydroxylamine groups is 1. The van der Waals surface area contributed by atoms with Gasteiger partial charge in [0.1, 0.15) is 5.69 Å². The van der Waals surface area contributed by atoms with Crippen molar-refractivity contribution < 1.29 is 10.0 Å². The van der Waals surface area contributed by atoms with Gasteiger partial charge < -0.3 is 10.5 Å². The normalized spacial score (nSPS) is 19.2. The lowest BCUT2D eigenvalue weighted by atomic mass is 9.90. The molecule has 0 unspecified atom stereocenters. The third kappa shape index (κ3) is 4.58. The summed E-state index contributed by atoms with van der Waals surface area (Å²) in [5.41, 5.74) is 5.70. The average molecular weight is 410 g/mol. The Morgan fingerprint density at radius 2 is 1.79 bits per heavy atom. The highest BCUT2D eigenvalue weighted by molar-refractivity contribution is 6.30. The molecule has 1 saturated carbocycles. The van der Waals surface area contributed by atoms with Gasteiger partial charge in [0.25, 0.3) is 5.91 Å². The minimum Gasteiger partial charge on any atom is -0.346 e. The summed E-state index contributed by atoms with van der Waals surface area (Å²) in [6, 6.07) is 17.3. The Hall–Kier alpha value is -2.47. The van der Waals surface area contributed by atoms with Crippen molar-refractivity contribution in [2.45, 2.75) is 44.2 Å². The van der Waals surface area contributed by atoms with E-state index in [0.29, 0.717) is 17.1 Å². The maximum Gasteiger partial charge on any atom is 0.270 e. The molecule has 1 heterocycles. The molecule has 1 amide bonds. The first-order chi connectivity index (χ1) is 14.1. The van der Waals surface area contributed by atoms with E-state index in [1.807, 2.05) is 54.6 Å². The number of pyridine rings is 1. The summed E-state index contributed by atoms with van der Waals surface area (Å²) < 4.78 is 0. The van der Waals surface area contributed by atoms with E-state index in [4.69, 9.17) is 11.6 Å². The average Bonchev–Trinajstić information content (AvgIpc) is 2.75. The SMILES string of the molecule is O=C(N[C@H]1CCCC[C@@H]1NO)c1cc(Cc2ccc(Cl)cc2)c2ccccc2n1. The number of hydrogen-bond acceptors (Lipinski definition) is 4. The summed E-state index contributed by atoms with van der Waals surface area (Å²) >= 11 is 6.01. The standard InChI is InChI=1S/C23H24ClN3O2/c24-17-11-9-15(10-12-17)13-16-14-22(25-19-6-2-1-5-18(16)19)23(28)26-20-7-3-4-8-21(20)27-29/h1-2,5-6,9-12,14,20-21,27,29H,3-4,7-8,13H2,(H,26,28)/t20-,21-/m0/s1. The second-order valence-corrected chi connectivity index (χ2v) is 8.02. The molecule has 6 heteroatoms. The van der Waals surface area contributed by atoms with Gasteiger partial charge in [0.05, 0.1) is 11.6 Å². The van der Waals surface area contributed by atoms with Crippen LogP contribution in [0.3, 0.4) is 0 Å². The molecule has 2 atom stereocenters. The Bertz CT molecular complexity index is 1010. The number of benzene rings is 2. The number of fused-ring (bicyclic) bond motifs is 1. The lowest BCUT2D eigenvalue weighted by molar-refractivity contribution is 0.0747. The zero-order chi connectivity index (χ0) is 20.2. The first-order valence-electron chi connectivity index (χ1n) is 9.97. The predicted octanol–water partition coefficient (Wildman–Crippen LogP) is 4.50. The van der Waals surface area contributed by atoms with Crippen molar-refractivity contribution in [3.05, 3.63) is 76.4 Å². The van der Waals surface area contributed by atoms with Crippen molar-refractivity contribution in [2.24, 2.45) is 0 Å². The van der Waals surface area contributed by atoms with E-state index >= 15 is 0 Å². The van der Waals surface area contributed by atoms with E-state index < -0.39 is 0 Å². The fourth-order valence-electron chi connectivity index (χ4n) is 4.03. The maximum absolute atomic E-state index is 13.0. The number of aromatic nitrogens is 1. The second-order valence-electron chi connectivity index (χ2n) is 7.59. The van der Waals surface area contributed by atoms with Crippen LogP contribution in [0.2, 0.25) is 5.02 Å². The Morgan fingerprint density at radius 1 is 1.07 bits per heavy atom. The van der Waals surface area contributed by atoms with Gasteiger partial charge in [-0.05, 0) is 54.7 Å². The molecule has 1 aliphatic carbocycles. The van der Waals surface area contributed by atoms with Crippen molar-refractivity contribution in [1.82, 2.24) is 15.8 Å². The zero-order valence-corrected chi connectivity index (χ0v) is 16.8. The van der Waals surface area contributed by atoms with E-state index in [-0.39, 0.29) is 18.0 Å². The Kier molecular flexibility index (Phi) is 6.09. The molecule has 2 aromatic carbocycles. The molecule has 0 radical (unpaired) electrons. The summed E-state index contributed by atoms with van der Waals surface area (Å²) in [5.74, 6) is -0.208. The summed E-state index contributed by atoms with van der Waals surface area (Å²) in [7, 11) is 0. The molecule has 3 aromatic rings. The molecule has 0 spiro atoms. The molecule has 150 valence electrons. The highest BCUT2D eigenvalue weighted by atomic mass is 35.5. The number of nitrogens with one attached hydrogen (secondary N) is 2. The molecular weight excluding hydrogens is 386 g/mol. The summed E-state index contributed by atoms with van der Waals surface area (Å²) in [6.07, 6.45) is 4.45. The molecule has 29 heavy (non-hydrogen) atoms. The van der Waals surface area contributed by atoms with Gasteiger partial charge in [0.2, 0.25) is 0 Å². The molecule has 4 rings (SSSR count). The van der Waals surface area contributed by atoms with Gasteiger partial charge in [-0.1, -0.05) is 54.8 Å². The van der Waals surface area contributed by atoms with Crippen LogP contribution in [0.15, 0.2) is 54.6 Å². The fraction of sp³-hybridized carbons (Fsp3) is 0.304. The first kappa shape index (κ1) is 19.8. The van der Waals surface area contributed by atoms with Crippen molar-refractivity contribution in [1.29, 1.82) is 0 Å². The zero-order valence-electron chi connectivity index (χ0n) is 16.1. The predicted molar refractivity (Wildman–Crippen MR) is 114 cm³/mol.